The van der Waals surface area contributed by atoms with Crippen LogP contribution in [0.1, 0.15) is 28.3 Å². The van der Waals surface area contributed by atoms with Crippen molar-refractivity contribution in [2.24, 2.45) is 0 Å². The normalized spacial score (nSPS) is 16.6. The van der Waals surface area contributed by atoms with Crippen molar-refractivity contribution in [1.82, 2.24) is 5.32 Å². The molecule has 1 aliphatic heterocycles. The first-order chi connectivity index (χ1) is 13.1. The largest absolute Gasteiger partial charge is 0.460 e. The van der Waals surface area contributed by atoms with E-state index >= 15 is 0 Å². The number of nitrogens with one attached hydrogen (secondary N) is 1. The molecule has 7 heteroatoms. The van der Waals surface area contributed by atoms with Crippen molar-refractivity contribution in [3.63, 3.8) is 0 Å². The number of rotatable bonds is 6. The van der Waals surface area contributed by atoms with Crippen molar-refractivity contribution < 1.29 is 14.3 Å². The molecule has 138 valence electrons. The summed E-state index contributed by atoms with van der Waals surface area (Å²) in [5.74, 6) is -0.764. The number of carbonyl (C=O) groups is 2. The quantitative estimate of drug-likeness (QED) is 0.747. The molecular weight excluding hydrogens is 380 g/mol. The smallest absolute Gasteiger partial charge is 0.316 e. The number of ether oxygens (including phenoxy) is 1. The topological polar surface area (TPSA) is 79.2 Å². The van der Waals surface area contributed by atoms with Gasteiger partial charge in [-0.1, -0.05) is 42.1 Å². The molecule has 0 unspecified atom stereocenters. The van der Waals surface area contributed by atoms with Gasteiger partial charge in [0.2, 0.25) is 5.91 Å². The van der Waals surface area contributed by atoms with E-state index in [9.17, 15) is 14.9 Å². The van der Waals surface area contributed by atoms with Crippen LogP contribution in [-0.4, -0.2) is 17.6 Å². The second-order valence-electron chi connectivity index (χ2n) is 6.06. The standard InChI is InChI=1S/C20H18N2O3S2/c1-13-7-8-26-19(13)15-9-17(23)22-20(16(15)10-21)27-12-18(24)25-11-14-5-3-2-4-6-14/h2-8,15H,9,11-12H2,1H3,(H,22,23)/t15-/m1/s1. The summed E-state index contributed by atoms with van der Waals surface area (Å²) in [7, 11) is 0. The van der Waals surface area contributed by atoms with E-state index in [-0.39, 0.29) is 30.6 Å². The first kappa shape index (κ1) is 19.2. The summed E-state index contributed by atoms with van der Waals surface area (Å²) in [6.45, 7) is 2.18. The Kier molecular flexibility index (Phi) is 6.32. The summed E-state index contributed by atoms with van der Waals surface area (Å²) in [5.41, 5.74) is 2.48. The molecule has 2 heterocycles. The Labute approximate surface area is 166 Å². The fraction of sp³-hybridized carbons (Fsp3) is 0.250. The average Bonchev–Trinajstić information content (AvgIpc) is 3.10. The van der Waals surface area contributed by atoms with Gasteiger partial charge in [0, 0.05) is 17.2 Å². The van der Waals surface area contributed by atoms with Crippen molar-refractivity contribution in [3.05, 3.63) is 68.4 Å². The van der Waals surface area contributed by atoms with Gasteiger partial charge in [-0.2, -0.15) is 5.26 Å². The molecule has 0 bridgehead atoms. The maximum Gasteiger partial charge on any atom is 0.316 e. The number of benzene rings is 1. The van der Waals surface area contributed by atoms with E-state index in [1.165, 1.54) is 0 Å². The highest BCUT2D eigenvalue weighted by Crippen LogP contribution is 2.39. The Morgan fingerprint density at radius 2 is 2.15 bits per heavy atom. The summed E-state index contributed by atoms with van der Waals surface area (Å²) >= 11 is 2.68. The number of carbonyl (C=O) groups excluding carboxylic acids is 2. The Morgan fingerprint density at radius 3 is 2.81 bits per heavy atom. The van der Waals surface area contributed by atoms with Crippen LogP contribution in [0.4, 0.5) is 0 Å². The molecule has 1 aliphatic rings. The van der Waals surface area contributed by atoms with Crippen molar-refractivity contribution in [2.75, 3.05) is 5.75 Å². The molecule has 0 saturated heterocycles. The Hall–Kier alpha value is -2.56. The number of hydrogen-bond acceptors (Lipinski definition) is 6. The van der Waals surface area contributed by atoms with Gasteiger partial charge in [-0.25, -0.2) is 0 Å². The number of nitrogens with zero attached hydrogens (tertiary/aromatic N) is 1. The molecule has 0 saturated carbocycles. The van der Waals surface area contributed by atoms with Crippen molar-refractivity contribution >= 4 is 35.0 Å². The number of thioether (sulfide) groups is 1. The van der Waals surface area contributed by atoms with E-state index in [4.69, 9.17) is 4.74 Å². The minimum Gasteiger partial charge on any atom is -0.460 e. The van der Waals surface area contributed by atoms with Crippen LogP contribution in [0.5, 0.6) is 0 Å². The zero-order valence-electron chi connectivity index (χ0n) is 14.7. The van der Waals surface area contributed by atoms with E-state index in [1.807, 2.05) is 48.7 Å². The van der Waals surface area contributed by atoms with E-state index in [1.54, 1.807) is 11.3 Å². The lowest BCUT2D eigenvalue weighted by atomic mass is 9.91. The van der Waals surface area contributed by atoms with Gasteiger partial charge in [0.15, 0.2) is 0 Å². The van der Waals surface area contributed by atoms with E-state index in [0.717, 1.165) is 27.8 Å². The summed E-state index contributed by atoms with van der Waals surface area (Å²) in [6.07, 6.45) is 0.243. The number of allylic oxidation sites excluding steroid dienone is 1. The van der Waals surface area contributed by atoms with Gasteiger partial charge in [0.25, 0.3) is 0 Å². The van der Waals surface area contributed by atoms with Crippen LogP contribution in [0.25, 0.3) is 0 Å². The van der Waals surface area contributed by atoms with Crippen LogP contribution in [0, 0.1) is 18.3 Å². The first-order valence-electron chi connectivity index (χ1n) is 8.39. The van der Waals surface area contributed by atoms with Gasteiger partial charge in [-0.15, -0.1) is 11.3 Å². The maximum atomic E-state index is 12.1. The molecular formula is C20H18N2O3S2. The second kappa shape index (κ2) is 8.89. The van der Waals surface area contributed by atoms with Gasteiger partial charge in [0.1, 0.15) is 6.61 Å². The van der Waals surface area contributed by atoms with Gasteiger partial charge < -0.3 is 10.1 Å². The first-order valence-corrected chi connectivity index (χ1v) is 10.3. The minimum atomic E-state index is -0.391. The van der Waals surface area contributed by atoms with Crippen LogP contribution < -0.4 is 5.32 Å². The lowest BCUT2D eigenvalue weighted by Gasteiger charge is -2.24. The third kappa shape index (κ3) is 4.79. The molecule has 0 aliphatic carbocycles. The number of amides is 1. The molecule has 3 rings (SSSR count). The third-order valence-electron chi connectivity index (χ3n) is 4.15. The minimum absolute atomic E-state index is 0.0315. The summed E-state index contributed by atoms with van der Waals surface area (Å²) in [4.78, 5) is 25.2. The Morgan fingerprint density at radius 1 is 1.37 bits per heavy atom. The number of aryl methyl sites for hydroxylation is 1. The molecule has 1 aromatic carbocycles. The number of hydrogen-bond donors (Lipinski definition) is 1. The lowest BCUT2D eigenvalue weighted by molar-refractivity contribution is -0.141. The maximum absolute atomic E-state index is 12.1. The zero-order valence-corrected chi connectivity index (χ0v) is 16.4. The molecule has 1 atom stereocenters. The van der Waals surface area contributed by atoms with Gasteiger partial charge in [-0.3, -0.25) is 9.59 Å². The van der Waals surface area contributed by atoms with Gasteiger partial charge >= 0.3 is 5.97 Å². The fourth-order valence-corrected chi connectivity index (χ4v) is 4.72. The Bertz CT molecular complexity index is 913. The van der Waals surface area contributed by atoms with Crippen LogP contribution in [0.3, 0.4) is 0 Å². The molecule has 1 amide bonds. The Balaban J connectivity index is 1.67. The van der Waals surface area contributed by atoms with E-state index in [2.05, 4.69) is 11.4 Å². The molecule has 0 fully saturated rings. The molecule has 5 nitrogen and oxygen atoms in total. The van der Waals surface area contributed by atoms with Gasteiger partial charge in [0.05, 0.1) is 22.4 Å². The molecule has 0 spiro atoms. The van der Waals surface area contributed by atoms with E-state index in [0.29, 0.717) is 10.6 Å². The highest BCUT2D eigenvalue weighted by Gasteiger charge is 2.31. The lowest BCUT2D eigenvalue weighted by Crippen LogP contribution is -2.31. The average molecular weight is 399 g/mol. The van der Waals surface area contributed by atoms with Crippen molar-refractivity contribution in [1.29, 1.82) is 5.26 Å². The predicted octanol–water partition coefficient (Wildman–Crippen LogP) is 3.87. The summed E-state index contributed by atoms with van der Waals surface area (Å²) in [6, 6.07) is 13.6. The molecule has 0 radical (unpaired) electrons. The number of esters is 1. The fourth-order valence-electron chi connectivity index (χ4n) is 2.81. The molecule has 2 aromatic rings. The second-order valence-corrected chi connectivity index (χ2v) is 8.00. The monoisotopic (exact) mass is 398 g/mol. The molecule has 1 N–H and O–H groups in total. The van der Waals surface area contributed by atoms with E-state index < -0.39 is 5.97 Å². The van der Waals surface area contributed by atoms with Crippen molar-refractivity contribution in [2.45, 2.75) is 25.9 Å². The van der Waals surface area contributed by atoms with Gasteiger partial charge in [-0.05, 0) is 29.5 Å². The highest BCUT2D eigenvalue weighted by molar-refractivity contribution is 8.03. The van der Waals surface area contributed by atoms with Crippen LogP contribution in [0.2, 0.25) is 0 Å². The summed E-state index contributed by atoms with van der Waals surface area (Å²) < 4.78 is 5.26. The van der Waals surface area contributed by atoms with Crippen LogP contribution >= 0.6 is 23.1 Å². The molecule has 27 heavy (non-hydrogen) atoms. The number of nitriles is 1. The molecule has 1 aromatic heterocycles. The zero-order chi connectivity index (χ0) is 19.2. The SMILES string of the molecule is Cc1ccsc1[C@@H]1CC(=O)NC(SCC(=O)OCc2ccccc2)=C1C#N. The third-order valence-corrected chi connectivity index (χ3v) is 6.27. The van der Waals surface area contributed by atoms with Crippen LogP contribution in [0.15, 0.2) is 52.4 Å². The number of thiophene rings is 1. The van der Waals surface area contributed by atoms with Crippen molar-refractivity contribution in [3.8, 4) is 6.07 Å². The predicted molar refractivity (Wildman–Crippen MR) is 106 cm³/mol. The summed E-state index contributed by atoms with van der Waals surface area (Å²) in [5, 5.41) is 14.8. The van der Waals surface area contributed by atoms with Crippen LogP contribution in [-0.2, 0) is 20.9 Å². The highest BCUT2D eigenvalue weighted by atomic mass is 32.2.